The number of hydrogen-bond donors (Lipinski definition) is 1. The number of anilines is 1. The second-order valence-electron chi connectivity index (χ2n) is 5.38. The third-order valence-electron chi connectivity index (χ3n) is 3.15. The summed E-state index contributed by atoms with van der Waals surface area (Å²) in [6, 6.07) is 4.35. The van der Waals surface area contributed by atoms with E-state index in [4.69, 9.17) is 11.6 Å². The van der Waals surface area contributed by atoms with Gasteiger partial charge < -0.3 is 5.32 Å². The molecule has 0 heterocycles. The molecule has 124 valence electrons. The van der Waals surface area contributed by atoms with E-state index in [1.165, 1.54) is 22.5 Å². The summed E-state index contributed by atoms with van der Waals surface area (Å²) in [5.74, 6) is 0.0238. The van der Waals surface area contributed by atoms with Crippen LogP contribution in [0.5, 0.6) is 0 Å². The first-order valence-corrected chi connectivity index (χ1v) is 9.13. The maximum Gasteiger partial charge on any atom is 0.243 e. The van der Waals surface area contributed by atoms with Crippen LogP contribution in [0.3, 0.4) is 0 Å². The molecule has 0 aliphatic carbocycles. The highest BCUT2D eigenvalue weighted by atomic mass is 35.5. The van der Waals surface area contributed by atoms with Gasteiger partial charge in [-0.2, -0.15) is 4.31 Å². The molecule has 0 fully saturated rings. The Morgan fingerprint density at radius 2 is 1.86 bits per heavy atom. The molecule has 5 nitrogen and oxygen atoms in total. The fraction of sp³-hybridized carbons (Fsp3) is 0.533. The highest BCUT2D eigenvalue weighted by Gasteiger charge is 2.22. The molecule has 0 unspecified atom stereocenters. The molecule has 0 radical (unpaired) electrons. The van der Waals surface area contributed by atoms with Crippen LogP contribution in [0.1, 0.15) is 34.1 Å². The average molecular weight is 347 g/mol. The van der Waals surface area contributed by atoms with Crippen LogP contribution in [0, 0.1) is 5.92 Å². The molecule has 0 saturated heterocycles. The first-order chi connectivity index (χ1) is 10.2. The van der Waals surface area contributed by atoms with Gasteiger partial charge in [0, 0.05) is 19.5 Å². The van der Waals surface area contributed by atoms with Gasteiger partial charge in [0.05, 0.1) is 15.6 Å². The summed E-state index contributed by atoms with van der Waals surface area (Å²) in [7, 11) is -3.58. The zero-order valence-electron chi connectivity index (χ0n) is 13.4. The number of nitrogens with one attached hydrogen (secondary N) is 1. The van der Waals surface area contributed by atoms with Gasteiger partial charge in [-0.15, -0.1) is 0 Å². The van der Waals surface area contributed by atoms with E-state index in [-0.39, 0.29) is 16.7 Å². The highest BCUT2D eigenvalue weighted by molar-refractivity contribution is 7.89. The number of rotatable bonds is 7. The number of amides is 1. The Labute approximate surface area is 137 Å². The van der Waals surface area contributed by atoms with Crippen molar-refractivity contribution in [3.63, 3.8) is 0 Å². The first-order valence-electron chi connectivity index (χ1n) is 7.31. The summed E-state index contributed by atoms with van der Waals surface area (Å²) in [5, 5.41) is 2.99. The van der Waals surface area contributed by atoms with Crippen LogP contribution < -0.4 is 5.32 Å². The summed E-state index contributed by atoms with van der Waals surface area (Å²) in [6.45, 7) is 8.20. The van der Waals surface area contributed by atoms with Gasteiger partial charge in [-0.05, 0) is 24.1 Å². The van der Waals surface area contributed by atoms with E-state index in [1.807, 2.05) is 13.8 Å². The van der Waals surface area contributed by atoms with Crippen LogP contribution >= 0.6 is 11.6 Å². The number of hydrogen-bond acceptors (Lipinski definition) is 3. The highest BCUT2D eigenvalue weighted by Crippen LogP contribution is 2.27. The van der Waals surface area contributed by atoms with E-state index in [0.717, 1.165) is 0 Å². The van der Waals surface area contributed by atoms with Crippen molar-refractivity contribution in [2.45, 2.75) is 39.0 Å². The Morgan fingerprint density at radius 3 is 2.36 bits per heavy atom. The van der Waals surface area contributed by atoms with Gasteiger partial charge in [-0.25, -0.2) is 8.42 Å². The summed E-state index contributed by atoms with van der Waals surface area (Å²) in [6.07, 6.45) is 0.351. The minimum absolute atomic E-state index is 0.125. The number of halogens is 1. The summed E-state index contributed by atoms with van der Waals surface area (Å²) in [4.78, 5) is 12.0. The normalized spacial score (nSPS) is 12.0. The zero-order chi connectivity index (χ0) is 16.9. The Morgan fingerprint density at radius 1 is 1.27 bits per heavy atom. The summed E-state index contributed by atoms with van der Waals surface area (Å²) >= 11 is 6.05. The number of sulfonamides is 1. The van der Waals surface area contributed by atoms with Crippen LogP contribution in [0.25, 0.3) is 0 Å². The molecule has 0 aliphatic heterocycles. The van der Waals surface area contributed by atoms with Crippen LogP contribution in [0.15, 0.2) is 23.1 Å². The number of nitrogens with zero attached hydrogens (tertiary/aromatic N) is 1. The third-order valence-corrected chi connectivity index (χ3v) is 5.52. The quantitative estimate of drug-likeness (QED) is 0.823. The molecule has 0 bridgehead atoms. The van der Waals surface area contributed by atoms with Gasteiger partial charge >= 0.3 is 0 Å². The molecule has 0 aliphatic rings. The lowest BCUT2D eigenvalue weighted by Crippen LogP contribution is -2.30. The molecule has 0 aromatic heterocycles. The van der Waals surface area contributed by atoms with Gasteiger partial charge in [0.2, 0.25) is 15.9 Å². The van der Waals surface area contributed by atoms with Crippen molar-refractivity contribution < 1.29 is 13.2 Å². The fourth-order valence-corrected chi connectivity index (χ4v) is 3.69. The van der Waals surface area contributed by atoms with Crippen LogP contribution in [-0.4, -0.2) is 31.7 Å². The van der Waals surface area contributed by atoms with Crippen molar-refractivity contribution in [2.75, 3.05) is 18.4 Å². The number of carbonyl (C=O) groups excluding carboxylic acids is 1. The van der Waals surface area contributed by atoms with Gasteiger partial charge in [-0.3, -0.25) is 4.79 Å². The van der Waals surface area contributed by atoms with Crippen molar-refractivity contribution in [3.8, 4) is 0 Å². The minimum atomic E-state index is -3.58. The second kappa shape index (κ2) is 7.94. The molecular weight excluding hydrogens is 324 g/mol. The standard InChI is InChI=1S/C15H23ClN2O3S/c1-5-18(6-2)22(20,21)12-7-8-13(16)14(10-12)17-15(19)9-11(3)4/h7-8,10-11H,5-6,9H2,1-4H3,(H,17,19). The van der Waals surface area contributed by atoms with E-state index in [2.05, 4.69) is 5.32 Å². The molecule has 0 saturated carbocycles. The van der Waals surface area contributed by atoms with Crippen molar-refractivity contribution >= 4 is 33.2 Å². The molecule has 1 N–H and O–H groups in total. The Hall–Kier alpha value is -1.11. The van der Waals surface area contributed by atoms with E-state index in [0.29, 0.717) is 30.2 Å². The Kier molecular flexibility index (Phi) is 6.84. The third kappa shape index (κ3) is 4.69. The average Bonchev–Trinajstić information content (AvgIpc) is 2.41. The number of benzene rings is 1. The van der Waals surface area contributed by atoms with Crippen molar-refractivity contribution in [3.05, 3.63) is 23.2 Å². The van der Waals surface area contributed by atoms with Crippen molar-refractivity contribution in [1.29, 1.82) is 0 Å². The topological polar surface area (TPSA) is 66.5 Å². The van der Waals surface area contributed by atoms with Crippen molar-refractivity contribution in [2.24, 2.45) is 5.92 Å². The zero-order valence-corrected chi connectivity index (χ0v) is 15.0. The maximum absolute atomic E-state index is 12.5. The SMILES string of the molecule is CCN(CC)S(=O)(=O)c1ccc(Cl)c(NC(=O)CC(C)C)c1. The lowest BCUT2D eigenvalue weighted by Gasteiger charge is -2.19. The first kappa shape index (κ1) is 18.9. The molecule has 1 amide bonds. The molecule has 1 aromatic rings. The predicted molar refractivity (Wildman–Crippen MR) is 89.6 cm³/mol. The molecule has 0 spiro atoms. The van der Waals surface area contributed by atoms with Gasteiger partial charge in [-0.1, -0.05) is 39.3 Å². The molecular formula is C15H23ClN2O3S. The predicted octanol–water partition coefficient (Wildman–Crippen LogP) is 3.36. The molecule has 1 rings (SSSR count). The van der Waals surface area contributed by atoms with E-state index < -0.39 is 10.0 Å². The van der Waals surface area contributed by atoms with Gasteiger partial charge in [0.1, 0.15) is 0 Å². The van der Waals surface area contributed by atoms with Crippen LogP contribution in [0.2, 0.25) is 5.02 Å². The summed E-state index contributed by atoms with van der Waals surface area (Å²) < 4.78 is 26.3. The lowest BCUT2D eigenvalue weighted by molar-refractivity contribution is -0.116. The fourth-order valence-electron chi connectivity index (χ4n) is 2.05. The van der Waals surface area contributed by atoms with Gasteiger partial charge in [0.25, 0.3) is 0 Å². The summed E-state index contributed by atoms with van der Waals surface area (Å²) in [5.41, 5.74) is 0.320. The van der Waals surface area contributed by atoms with Crippen LogP contribution in [-0.2, 0) is 14.8 Å². The minimum Gasteiger partial charge on any atom is -0.325 e. The van der Waals surface area contributed by atoms with E-state index in [9.17, 15) is 13.2 Å². The monoisotopic (exact) mass is 346 g/mol. The van der Waals surface area contributed by atoms with E-state index >= 15 is 0 Å². The molecule has 1 aromatic carbocycles. The van der Waals surface area contributed by atoms with Crippen molar-refractivity contribution in [1.82, 2.24) is 4.31 Å². The maximum atomic E-state index is 12.5. The second-order valence-corrected chi connectivity index (χ2v) is 7.72. The van der Waals surface area contributed by atoms with E-state index in [1.54, 1.807) is 13.8 Å². The Balaban J connectivity index is 3.11. The lowest BCUT2D eigenvalue weighted by atomic mass is 10.1. The smallest absolute Gasteiger partial charge is 0.243 e. The molecule has 0 atom stereocenters. The Bertz CT molecular complexity index is 626. The van der Waals surface area contributed by atoms with Crippen LogP contribution in [0.4, 0.5) is 5.69 Å². The molecule has 7 heteroatoms. The largest absolute Gasteiger partial charge is 0.325 e. The number of carbonyl (C=O) groups is 1. The van der Waals surface area contributed by atoms with Gasteiger partial charge in [0.15, 0.2) is 0 Å². The molecule has 22 heavy (non-hydrogen) atoms.